The fourth-order valence-electron chi connectivity index (χ4n) is 3.23. The van der Waals surface area contributed by atoms with E-state index in [9.17, 15) is 9.59 Å². The second-order valence-electron chi connectivity index (χ2n) is 6.70. The number of piperidine rings is 1. The number of amides is 1. The van der Waals surface area contributed by atoms with E-state index >= 15 is 0 Å². The van der Waals surface area contributed by atoms with Gasteiger partial charge in [-0.3, -0.25) is 9.59 Å². The van der Waals surface area contributed by atoms with Gasteiger partial charge in [-0.15, -0.1) is 0 Å². The fraction of sp³-hybridized carbons (Fsp3) is 0.600. The van der Waals surface area contributed by atoms with Gasteiger partial charge in [0, 0.05) is 31.5 Å². The number of carbonyl (C=O) groups excluding carboxylic acids is 2. The fourth-order valence-corrected chi connectivity index (χ4v) is 3.23. The zero-order chi connectivity index (χ0) is 18.1. The number of ether oxygens (including phenoxy) is 1. The van der Waals surface area contributed by atoms with Gasteiger partial charge in [-0.25, -0.2) is 0 Å². The molecule has 1 aliphatic rings. The molecule has 5 nitrogen and oxygen atoms in total. The highest BCUT2D eigenvalue weighted by atomic mass is 16.5. The second kappa shape index (κ2) is 10.2. The van der Waals surface area contributed by atoms with Gasteiger partial charge in [0.15, 0.2) is 5.78 Å². The third-order valence-corrected chi connectivity index (χ3v) is 4.58. The zero-order valence-corrected chi connectivity index (χ0v) is 15.4. The maximum atomic E-state index is 12.4. The molecule has 1 aromatic rings. The Bertz CT molecular complexity index is 555. The van der Waals surface area contributed by atoms with Crippen LogP contribution in [0.3, 0.4) is 0 Å². The number of rotatable bonds is 9. The molecule has 25 heavy (non-hydrogen) atoms. The van der Waals surface area contributed by atoms with Crippen molar-refractivity contribution in [3.05, 3.63) is 29.8 Å². The first-order valence-electron chi connectivity index (χ1n) is 9.32. The van der Waals surface area contributed by atoms with E-state index in [2.05, 4.69) is 12.2 Å². The minimum Gasteiger partial charge on any atom is -0.494 e. The number of hydrogen-bond acceptors (Lipinski definition) is 4. The smallest absolute Gasteiger partial charge is 0.223 e. The summed E-state index contributed by atoms with van der Waals surface area (Å²) in [5.41, 5.74) is 0.642. The monoisotopic (exact) mass is 346 g/mol. The van der Waals surface area contributed by atoms with Gasteiger partial charge in [0.05, 0.1) is 6.61 Å². The number of nitrogens with one attached hydrogen (secondary N) is 1. The van der Waals surface area contributed by atoms with Crippen LogP contribution in [0.1, 0.15) is 49.4 Å². The molecule has 5 heteroatoms. The first-order chi connectivity index (χ1) is 12.1. The van der Waals surface area contributed by atoms with Gasteiger partial charge in [-0.1, -0.05) is 6.92 Å². The molecule has 138 valence electrons. The molecule has 0 aliphatic carbocycles. The Balaban J connectivity index is 1.79. The van der Waals surface area contributed by atoms with E-state index in [1.54, 1.807) is 12.1 Å². The van der Waals surface area contributed by atoms with Crippen LogP contribution in [0.5, 0.6) is 5.75 Å². The summed E-state index contributed by atoms with van der Waals surface area (Å²) in [5.74, 6) is 1.41. The van der Waals surface area contributed by atoms with E-state index in [1.165, 1.54) is 0 Å². The van der Waals surface area contributed by atoms with E-state index < -0.39 is 0 Å². The lowest BCUT2D eigenvalue weighted by molar-refractivity contribution is -0.132. The molecule has 1 unspecified atom stereocenters. The second-order valence-corrected chi connectivity index (χ2v) is 6.70. The van der Waals surface area contributed by atoms with E-state index in [4.69, 9.17) is 4.74 Å². The van der Waals surface area contributed by atoms with Crippen LogP contribution in [0.15, 0.2) is 24.3 Å². The number of Topliss-reactive ketones (excluding diaryl/α,β-unsaturated/α-hetero) is 1. The third kappa shape index (κ3) is 6.16. The average molecular weight is 346 g/mol. The summed E-state index contributed by atoms with van der Waals surface area (Å²) in [6.45, 7) is 5.29. The number of nitrogens with zero attached hydrogens (tertiary/aromatic N) is 1. The molecule has 1 N–H and O–H groups in total. The van der Waals surface area contributed by atoms with Crippen LogP contribution >= 0.6 is 0 Å². The Kier molecular flexibility index (Phi) is 7.92. The summed E-state index contributed by atoms with van der Waals surface area (Å²) in [6, 6.07) is 7.19. The number of carbonyl (C=O) groups is 2. The molecule has 0 saturated carbocycles. The first kappa shape index (κ1) is 19.4. The van der Waals surface area contributed by atoms with Crippen molar-refractivity contribution < 1.29 is 14.3 Å². The van der Waals surface area contributed by atoms with Crippen molar-refractivity contribution in [2.24, 2.45) is 5.92 Å². The highest BCUT2D eigenvalue weighted by Crippen LogP contribution is 2.18. The highest BCUT2D eigenvalue weighted by molar-refractivity contribution is 5.98. The lowest BCUT2D eigenvalue weighted by atomic mass is 9.97. The molecule has 1 fully saturated rings. The molecule has 1 aliphatic heterocycles. The molecule has 0 bridgehead atoms. The predicted octanol–water partition coefficient (Wildman–Crippen LogP) is 2.90. The van der Waals surface area contributed by atoms with Gasteiger partial charge in [0.25, 0.3) is 0 Å². The largest absolute Gasteiger partial charge is 0.494 e. The molecule has 1 atom stereocenters. The Labute approximate surface area is 150 Å². The van der Waals surface area contributed by atoms with Crippen LogP contribution in [0.25, 0.3) is 0 Å². The SMILES string of the molecule is CCCOc1ccc(C(=O)CCC(=O)N2CCCC(CNC)C2)cc1. The standard InChI is InChI=1S/C20H30N2O3/c1-3-13-25-18-8-6-17(7-9-18)19(23)10-11-20(24)22-12-4-5-16(15-22)14-21-2/h6-9,16,21H,3-5,10-15H2,1-2H3. The Morgan fingerprint density at radius 3 is 2.68 bits per heavy atom. The minimum atomic E-state index is 0.0131. The molecular weight excluding hydrogens is 316 g/mol. The Hall–Kier alpha value is -1.88. The molecule has 0 spiro atoms. The lowest BCUT2D eigenvalue weighted by Crippen LogP contribution is -2.42. The van der Waals surface area contributed by atoms with E-state index in [-0.39, 0.29) is 18.1 Å². The Morgan fingerprint density at radius 1 is 1.24 bits per heavy atom. The van der Waals surface area contributed by atoms with E-state index in [0.717, 1.165) is 44.6 Å². The van der Waals surface area contributed by atoms with E-state index in [0.29, 0.717) is 24.5 Å². The summed E-state index contributed by atoms with van der Waals surface area (Å²) in [5, 5.41) is 3.18. The van der Waals surface area contributed by atoms with Crippen molar-refractivity contribution in [1.82, 2.24) is 10.2 Å². The minimum absolute atomic E-state index is 0.0131. The molecule has 1 heterocycles. The third-order valence-electron chi connectivity index (χ3n) is 4.58. The average Bonchev–Trinajstić information content (AvgIpc) is 2.65. The van der Waals surface area contributed by atoms with Crippen LogP contribution in [0, 0.1) is 5.92 Å². The van der Waals surface area contributed by atoms with E-state index in [1.807, 2.05) is 24.1 Å². The summed E-state index contributed by atoms with van der Waals surface area (Å²) in [7, 11) is 1.94. The number of ketones is 1. The van der Waals surface area contributed by atoms with Crippen LogP contribution in [0.4, 0.5) is 0 Å². The Morgan fingerprint density at radius 2 is 2.00 bits per heavy atom. The van der Waals surface area contributed by atoms with Gasteiger partial charge >= 0.3 is 0 Å². The number of benzene rings is 1. The molecule has 0 aromatic heterocycles. The van der Waals surface area contributed by atoms with Crippen LogP contribution in [-0.2, 0) is 4.79 Å². The van der Waals surface area contributed by atoms with Crippen molar-refractivity contribution in [3.8, 4) is 5.75 Å². The normalized spacial score (nSPS) is 17.4. The predicted molar refractivity (Wildman–Crippen MR) is 99.0 cm³/mol. The van der Waals surface area contributed by atoms with Gasteiger partial charge in [0.1, 0.15) is 5.75 Å². The maximum absolute atomic E-state index is 12.4. The zero-order valence-electron chi connectivity index (χ0n) is 15.4. The van der Waals surface area contributed by atoms with Crippen LogP contribution in [-0.4, -0.2) is 49.9 Å². The maximum Gasteiger partial charge on any atom is 0.223 e. The lowest BCUT2D eigenvalue weighted by Gasteiger charge is -2.32. The van der Waals surface area contributed by atoms with Gasteiger partial charge < -0.3 is 15.0 Å². The summed E-state index contributed by atoms with van der Waals surface area (Å²) >= 11 is 0. The molecule has 1 amide bonds. The number of hydrogen-bond donors (Lipinski definition) is 1. The number of likely N-dealkylation sites (tertiary alicyclic amines) is 1. The molecule has 2 rings (SSSR count). The molecule has 1 saturated heterocycles. The van der Waals surface area contributed by atoms with Crippen molar-refractivity contribution in [1.29, 1.82) is 0 Å². The van der Waals surface area contributed by atoms with Crippen molar-refractivity contribution in [2.75, 3.05) is 33.3 Å². The van der Waals surface area contributed by atoms with Gasteiger partial charge in [-0.05, 0) is 63.0 Å². The summed E-state index contributed by atoms with van der Waals surface area (Å²) in [6.07, 6.45) is 3.72. The van der Waals surface area contributed by atoms with Crippen LogP contribution < -0.4 is 10.1 Å². The van der Waals surface area contributed by atoms with Crippen LogP contribution in [0.2, 0.25) is 0 Å². The van der Waals surface area contributed by atoms with Crippen molar-refractivity contribution in [3.63, 3.8) is 0 Å². The van der Waals surface area contributed by atoms with Gasteiger partial charge in [-0.2, -0.15) is 0 Å². The molecule has 0 radical (unpaired) electrons. The quantitative estimate of drug-likeness (QED) is 0.699. The molecule has 1 aromatic carbocycles. The van der Waals surface area contributed by atoms with Crippen molar-refractivity contribution in [2.45, 2.75) is 39.0 Å². The van der Waals surface area contributed by atoms with Gasteiger partial charge in [0.2, 0.25) is 5.91 Å². The summed E-state index contributed by atoms with van der Waals surface area (Å²) < 4.78 is 5.52. The molecular formula is C20H30N2O3. The summed E-state index contributed by atoms with van der Waals surface area (Å²) in [4.78, 5) is 26.6. The van der Waals surface area contributed by atoms with Crippen molar-refractivity contribution >= 4 is 11.7 Å². The topological polar surface area (TPSA) is 58.6 Å². The highest BCUT2D eigenvalue weighted by Gasteiger charge is 2.23. The first-order valence-corrected chi connectivity index (χ1v) is 9.32.